The second-order valence-corrected chi connectivity index (χ2v) is 7.16. The smallest absolute Gasteiger partial charge is 0.334 e. The molecule has 0 saturated carbocycles. The van der Waals surface area contributed by atoms with E-state index in [1.54, 1.807) is 7.11 Å². The molecule has 1 aromatic carbocycles. The Hall–Kier alpha value is -2.64. The summed E-state index contributed by atoms with van der Waals surface area (Å²) < 4.78 is 21.0. The Bertz CT molecular complexity index is 820. The summed E-state index contributed by atoms with van der Waals surface area (Å²) in [5.41, 5.74) is 3.03. The van der Waals surface area contributed by atoms with Gasteiger partial charge in [-0.3, -0.25) is 4.79 Å². The summed E-state index contributed by atoms with van der Waals surface area (Å²) in [6.45, 7) is 4.65. The van der Waals surface area contributed by atoms with Gasteiger partial charge in [0.1, 0.15) is 30.5 Å². The van der Waals surface area contributed by atoms with Crippen molar-refractivity contribution in [1.29, 1.82) is 0 Å². The lowest BCUT2D eigenvalue weighted by atomic mass is 9.73. The highest BCUT2D eigenvalue weighted by molar-refractivity contribution is 5.94. The third-order valence-electron chi connectivity index (χ3n) is 5.62. The molecule has 0 amide bonds. The molecule has 0 aromatic heterocycles. The molecular formula is C22H28NO6+. The summed E-state index contributed by atoms with van der Waals surface area (Å²) in [4.78, 5) is 26.9. The van der Waals surface area contributed by atoms with Crippen molar-refractivity contribution in [3.05, 3.63) is 52.7 Å². The van der Waals surface area contributed by atoms with Gasteiger partial charge in [-0.25, -0.2) is 4.79 Å². The standard InChI is InChI=1S/C22H27NO6/c1-14-13-17(23-9-11-29-12-10-23)20(22(25)28-4)19(18(14)21(24)27-3)15-5-7-16(26-2)8-6-15/h5-8,13,19-20H,9-12H2,1-4H3/p+1/t19-,20-/m0/s1. The molecule has 2 aliphatic rings. The minimum atomic E-state index is -0.626. The molecule has 1 saturated heterocycles. The molecule has 0 unspecified atom stereocenters. The van der Waals surface area contributed by atoms with E-state index >= 15 is 0 Å². The number of benzene rings is 1. The molecule has 1 heterocycles. The molecule has 1 N–H and O–H groups in total. The number of rotatable bonds is 5. The van der Waals surface area contributed by atoms with Crippen LogP contribution in [0.3, 0.4) is 0 Å². The van der Waals surface area contributed by atoms with Gasteiger partial charge in [-0.05, 0) is 36.3 Å². The van der Waals surface area contributed by atoms with Crippen LogP contribution in [0.25, 0.3) is 0 Å². The van der Waals surface area contributed by atoms with Gasteiger partial charge in [-0.1, -0.05) is 12.1 Å². The lowest BCUT2D eigenvalue weighted by Gasteiger charge is -2.36. The van der Waals surface area contributed by atoms with Crippen molar-refractivity contribution in [1.82, 2.24) is 0 Å². The molecule has 2 atom stereocenters. The quantitative estimate of drug-likeness (QED) is 0.737. The predicted octanol–water partition coefficient (Wildman–Crippen LogP) is 0.870. The molecule has 156 valence electrons. The number of carbonyl (C=O) groups is 2. The van der Waals surface area contributed by atoms with Crippen molar-refractivity contribution in [3.8, 4) is 5.75 Å². The summed E-state index contributed by atoms with van der Waals surface area (Å²) in [7, 11) is 4.33. The van der Waals surface area contributed by atoms with Crippen molar-refractivity contribution >= 4 is 11.9 Å². The molecule has 1 aliphatic carbocycles. The molecule has 0 radical (unpaired) electrons. The highest BCUT2D eigenvalue weighted by atomic mass is 16.5. The molecular weight excluding hydrogens is 374 g/mol. The van der Waals surface area contributed by atoms with Crippen molar-refractivity contribution in [2.45, 2.75) is 12.8 Å². The van der Waals surface area contributed by atoms with Crippen molar-refractivity contribution in [3.63, 3.8) is 0 Å². The zero-order chi connectivity index (χ0) is 21.0. The number of esters is 2. The normalized spacial score (nSPS) is 22.7. The summed E-state index contributed by atoms with van der Waals surface area (Å²) in [6.07, 6.45) is 1.94. The molecule has 1 aliphatic heterocycles. The van der Waals surface area contributed by atoms with E-state index in [0.717, 1.165) is 29.9 Å². The Labute approximate surface area is 170 Å². The minimum Gasteiger partial charge on any atom is -0.497 e. The SMILES string of the molecule is COC(=O)C1=C(C)C=C([NH+]2CCOCC2)[C@H](C(=O)OC)[C@H]1c1ccc(OC)cc1. The highest BCUT2D eigenvalue weighted by Crippen LogP contribution is 2.42. The van der Waals surface area contributed by atoms with Crippen LogP contribution in [0, 0.1) is 5.92 Å². The van der Waals surface area contributed by atoms with Gasteiger partial charge < -0.3 is 23.8 Å². The third-order valence-corrected chi connectivity index (χ3v) is 5.62. The van der Waals surface area contributed by atoms with Crippen LogP contribution >= 0.6 is 0 Å². The maximum atomic E-state index is 13.0. The fourth-order valence-electron chi connectivity index (χ4n) is 4.18. The van der Waals surface area contributed by atoms with Gasteiger partial charge in [-0.2, -0.15) is 0 Å². The lowest BCUT2D eigenvalue weighted by molar-refractivity contribution is -0.873. The van der Waals surface area contributed by atoms with Crippen LogP contribution in [-0.2, 0) is 23.8 Å². The van der Waals surface area contributed by atoms with E-state index in [4.69, 9.17) is 18.9 Å². The Kier molecular flexibility index (Phi) is 6.71. The summed E-state index contributed by atoms with van der Waals surface area (Å²) >= 11 is 0. The molecule has 7 nitrogen and oxygen atoms in total. The Morgan fingerprint density at radius 1 is 1.03 bits per heavy atom. The van der Waals surface area contributed by atoms with Crippen LogP contribution in [0.5, 0.6) is 5.75 Å². The van der Waals surface area contributed by atoms with Crippen LogP contribution < -0.4 is 9.64 Å². The molecule has 0 spiro atoms. The van der Waals surface area contributed by atoms with E-state index in [1.807, 2.05) is 37.3 Å². The fraction of sp³-hybridized carbons (Fsp3) is 0.455. The third kappa shape index (κ3) is 4.21. The Morgan fingerprint density at radius 2 is 1.69 bits per heavy atom. The summed E-state index contributed by atoms with van der Waals surface area (Å²) in [5, 5.41) is 0. The second kappa shape index (κ2) is 9.24. The van der Waals surface area contributed by atoms with Gasteiger partial charge in [0, 0.05) is 11.5 Å². The molecule has 1 fully saturated rings. The molecule has 7 heteroatoms. The first-order valence-corrected chi connectivity index (χ1v) is 9.67. The van der Waals surface area contributed by atoms with Gasteiger partial charge in [0.2, 0.25) is 0 Å². The summed E-state index contributed by atoms with van der Waals surface area (Å²) in [5.74, 6) is -1.24. The molecule has 3 rings (SSSR count). The summed E-state index contributed by atoms with van der Waals surface area (Å²) in [6, 6.07) is 7.42. The van der Waals surface area contributed by atoms with E-state index in [0.29, 0.717) is 24.5 Å². The number of carbonyl (C=O) groups excluding carboxylic acids is 2. The topological polar surface area (TPSA) is 75.5 Å². The van der Waals surface area contributed by atoms with Gasteiger partial charge in [-0.15, -0.1) is 0 Å². The average Bonchev–Trinajstić information content (AvgIpc) is 2.78. The van der Waals surface area contributed by atoms with Crippen LogP contribution in [0.2, 0.25) is 0 Å². The zero-order valence-electron chi connectivity index (χ0n) is 17.3. The van der Waals surface area contributed by atoms with Gasteiger partial charge in [0.25, 0.3) is 0 Å². The number of hydrogen-bond acceptors (Lipinski definition) is 6. The van der Waals surface area contributed by atoms with Crippen LogP contribution in [0.4, 0.5) is 0 Å². The maximum Gasteiger partial charge on any atom is 0.334 e. The van der Waals surface area contributed by atoms with E-state index in [-0.39, 0.29) is 5.97 Å². The number of methoxy groups -OCH3 is 3. The number of hydrogen-bond donors (Lipinski definition) is 1. The number of nitrogens with one attached hydrogen (secondary N) is 1. The van der Waals surface area contributed by atoms with Crippen molar-refractivity contribution < 1.29 is 33.4 Å². The van der Waals surface area contributed by atoms with Gasteiger partial charge in [0.05, 0.1) is 34.5 Å². The maximum absolute atomic E-state index is 13.0. The first kappa shape index (κ1) is 21.1. The lowest BCUT2D eigenvalue weighted by Crippen LogP contribution is -3.13. The number of allylic oxidation sites excluding steroid dienone is 2. The molecule has 0 bridgehead atoms. The van der Waals surface area contributed by atoms with E-state index in [9.17, 15) is 9.59 Å². The van der Waals surface area contributed by atoms with Gasteiger partial charge >= 0.3 is 11.9 Å². The van der Waals surface area contributed by atoms with Crippen molar-refractivity contribution in [2.75, 3.05) is 47.6 Å². The monoisotopic (exact) mass is 402 g/mol. The van der Waals surface area contributed by atoms with E-state index in [2.05, 4.69) is 0 Å². The number of ether oxygens (including phenoxy) is 4. The van der Waals surface area contributed by atoms with Crippen LogP contribution in [0.1, 0.15) is 18.4 Å². The minimum absolute atomic E-state index is 0.370. The Balaban J connectivity index is 2.16. The van der Waals surface area contributed by atoms with Crippen LogP contribution in [0.15, 0.2) is 47.2 Å². The average molecular weight is 402 g/mol. The second-order valence-electron chi connectivity index (χ2n) is 7.16. The van der Waals surface area contributed by atoms with Crippen molar-refractivity contribution in [2.24, 2.45) is 5.92 Å². The first-order valence-electron chi connectivity index (χ1n) is 9.67. The van der Waals surface area contributed by atoms with Crippen LogP contribution in [-0.4, -0.2) is 59.6 Å². The number of morpholine rings is 1. The van der Waals surface area contributed by atoms with E-state index in [1.165, 1.54) is 19.1 Å². The predicted molar refractivity (Wildman–Crippen MR) is 106 cm³/mol. The van der Waals surface area contributed by atoms with Gasteiger partial charge in [0.15, 0.2) is 0 Å². The molecule has 1 aromatic rings. The first-order chi connectivity index (χ1) is 14.0. The van der Waals surface area contributed by atoms with E-state index < -0.39 is 17.8 Å². The highest BCUT2D eigenvalue weighted by Gasteiger charge is 2.46. The largest absolute Gasteiger partial charge is 0.497 e. The fourth-order valence-corrected chi connectivity index (χ4v) is 4.18. The Morgan fingerprint density at radius 3 is 2.24 bits per heavy atom. The molecule has 29 heavy (non-hydrogen) atoms. The zero-order valence-corrected chi connectivity index (χ0v) is 17.3. The number of quaternary nitrogens is 1.